The lowest BCUT2D eigenvalue weighted by molar-refractivity contribution is -0.120. The molecule has 1 aliphatic carbocycles. The molecule has 0 unspecified atom stereocenters. The van der Waals surface area contributed by atoms with Gasteiger partial charge in [0.1, 0.15) is 0 Å². The van der Waals surface area contributed by atoms with Crippen LogP contribution in [-0.4, -0.2) is 43.1 Å². The third kappa shape index (κ3) is 6.93. The summed E-state index contributed by atoms with van der Waals surface area (Å²) in [4.78, 5) is 23.7. The summed E-state index contributed by atoms with van der Waals surface area (Å²) in [5.74, 6) is 0.516. The Kier molecular flexibility index (Phi) is 8.12. The summed E-state index contributed by atoms with van der Waals surface area (Å²) in [6.45, 7) is 1.03. The summed E-state index contributed by atoms with van der Waals surface area (Å²) in [5.41, 5.74) is 1.69. The number of rotatable bonds is 9. The van der Waals surface area contributed by atoms with E-state index in [9.17, 15) is 9.59 Å². The van der Waals surface area contributed by atoms with Gasteiger partial charge in [-0.05, 0) is 30.5 Å². The molecule has 0 radical (unpaired) electrons. The number of carbonyl (C=O) groups is 2. The highest BCUT2D eigenvalue weighted by molar-refractivity contribution is 8.00. The summed E-state index contributed by atoms with van der Waals surface area (Å²) < 4.78 is 4.89. The lowest BCUT2D eigenvalue weighted by Gasteiger charge is -2.10. The molecule has 132 valence electrons. The van der Waals surface area contributed by atoms with Crippen LogP contribution in [0.25, 0.3) is 0 Å². The van der Waals surface area contributed by atoms with Crippen LogP contribution < -0.4 is 10.6 Å². The van der Waals surface area contributed by atoms with Crippen LogP contribution >= 0.6 is 11.8 Å². The van der Waals surface area contributed by atoms with Crippen molar-refractivity contribution in [3.63, 3.8) is 0 Å². The topological polar surface area (TPSA) is 67.4 Å². The highest BCUT2D eigenvalue weighted by Crippen LogP contribution is 2.29. The monoisotopic (exact) mass is 350 g/mol. The zero-order chi connectivity index (χ0) is 17.2. The lowest BCUT2D eigenvalue weighted by atomic mass is 10.1. The zero-order valence-electron chi connectivity index (χ0n) is 14.2. The van der Waals surface area contributed by atoms with E-state index in [-0.39, 0.29) is 11.8 Å². The molecular weight excluding hydrogens is 324 g/mol. The maximum absolute atomic E-state index is 12.0. The van der Waals surface area contributed by atoms with E-state index >= 15 is 0 Å². The van der Waals surface area contributed by atoms with Crippen LogP contribution in [0.2, 0.25) is 0 Å². The average Bonchev–Trinajstić information content (AvgIpc) is 3.08. The fourth-order valence-corrected chi connectivity index (χ4v) is 3.82. The molecule has 0 aliphatic heterocycles. The molecule has 0 saturated heterocycles. The van der Waals surface area contributed by atoms with Gasteiger partial charge in [0.05, 0.1) is 18.8 Å². The van der Waals surface area contributed by atoms with Gasteiger partial charge in [-0.1, -0.05) is 25.0 Å². The van der Waals surface area contributed by atoms with E-state index in [1.807, 2.05) is 24.3 Å². The van der Waals surface area contributed by atoms with Gasteiger partial charge in [-0.2, -0.15) is 0 Å². The van der Waals surface area contributed by atoms with Crippen LogP contribution in [0.5, 0.6) is 0 Å². The minimum absolute atomic E-state index is 0.0307. The van der Waals surface area contributed by atoms with Gasteiger partial charge in [-0.15, -0.1) is 11.8 Å². The summed E-state index contributed by atoms with van der Waals surface area (Å²) in [5, 5.41) is 6.35. The number of nitrogens with one attached hydrogen (secondary N) is 2. The number of methoxy groups -OCH3 is 1. The van der Waals surface area contributed by atoms with E-state index in [1.54, 1.807) is 18.9 Å². The first-order valence-electron chi connectivity index (χ1n) is 8.43. The number of ether oxygens (including phenoxy) is 1. The van der Waals surface area contributed by atoms with Gasteiger partial charge in [0.2, 0.25) is 11.8 Å². The van der Waals surface area contributed by atoms with E-state index in [4.69, 9.17) is 4.74 Å². The molecule has 1 saturated carbocycles. The molecule has 2 N–H and O–H groups in total. The molecule has 0 aromatic heterocycles. The summed E-state index contributed by atoms with van der Waals surface area (Å²) in [6, 6.07) is 7.43. The van der Waals surface area contributed by atoms with E-state index in [0.717, 1.165) is 11.3 Å². The summed E-state index contributed by atoms with van der Waals surface area (Å²) >= 11 is 1.76. The Labute approximate surface area is 147 Å². The zero-order valence-corrected chi connectivity index (χ0v) is 15.0. The van der Waals surface area contributed by atoms with E-state index in [1.165, 1.54) is 25.7 Å². The van der Waals surface area contributed by atoms with Crippen molar-refractivity contribution >= 4 is 29.3 Å². The Morgan fingerprint density at radius 2 is 1.88 bits per heavy atom. The molecule has 1 aromatic carbocycles. The van der Waals surface area contributed by atoms with Gasteiger partial charge in [0, 0.05) is 24.6 Å². The van der Waals surface area contributed by atoms with Crippen LogP contribution in [0.1, 0.15) is 31.2 Å². The fourth-order valence-electron chi connectivity index (χ4n) is 2.69. The van der Waals surface area contributed by atoms with Crippen LogP contribution in [0.3, 0.4) is 0 Å². The number of hydrogen-bond acceptors (Lipinski definition) is 4. The molecule has 1 aromatic rings. The van der Waals surface area contributed by atoms with E-state index < -0.39 is 0 Å². The minimum atomic E-state index is -0.0307. The highest BCUT2D eigenvalue weighted by atomic mass is 32.2. The maximum atomic E-state index is 12.0. The smallest absolute Gasteiger partial charge is 0.234 e. The van der Waals surface area contributed by atoms with Crippen molar-refractivity contribution in [3.05, 3.63) is 29.8 Å². The van der Waals surface area contributed by atoms with Gasteiger partial charge < -0.3 is 15.4 Å². The second kappa shape index (κ2) is 10.4. The number of anilines is 1. The molecule has 6 heteroatoms. The first kappa shape index (κ1) is 18.8. The predicted molar refractivity (Wildman–Crippen MR) is 98.4 cm³/mol. The van der Waals surface area contributed by atoms with Gasteiger partial charge in [-0.3, -0.25) is 9.59 Å². The fraction of sp³-hybridized carbons (Fsp3) is 0.556. The first-order valence-corrected chi connectivity index (χ1v) is 9.48. The van der Waals surface area contributed by atoms with Crippen LogP contribution in [0.4, 0.5) is 5.69 Å². The van der Waals surface area contributed by atoms with Crippen molar-refractivity contribution in [2.24, 2.45) is 0 Å². The molecule has 5 nitrogen and oxygen atoms in total. The maximum Gasteiger partial charge on any atom is 0.234 e. The van der Waals surface area contributed by atoms with Gasteiger partial charge in [-0.25, -0.2) is 0 Å². The third-order valence-electron chi connectivity index (χ3n) is 3.98. The number of thioether (sulfide) groups is 1. The van der Waals surface area contributed by atoms with Gasteiger partial charge in [0.25, 0.3) is 0 Å². The van der Waals surface area contributed by atoms with Crippen LogP contribution in [0.15, 0.2) is 24.3 Å². The largest absolute Gasteiger partial charge is 0.383 e. The molecule has 2 amide bonds. The standard InChI is InChI=1S/C18H26N2O3S/c1-23-11-10-19-17(21)12-14-6-8-15(9-7-14)20-18(22)13-24-16-4-2-3-5-16/h6-9,16H,2-5,10-13H2,1H3,(H,19,21)(H,20,22). The molecule has 1 aliphatic rings. The second-order valence-electron chi connectivity index (χ2n) is 5.98. The highest BCUT2D eigenvalue weighted by Gasteiger charge is 2.16. The summed E-state index contributed by atoms with van der Waals surface area (Å²) in [6.07, 6.45) is 5.38. The Balaban J connectivity index is 1.70. The number of amides is 2. The lowest BCUT2D eigenvalue weighted by Crippen LogP contribution is -2.28. The summed E-state index contributed by atoms with van der Waals surface area (Å²) in [7, 11) is 1.60. The Bertz CT molecular complexity index is 528. The van der Waals surface area contributed by atoms with Crippen molar-refractivity contribution in [3.8, 4) is 0 Å². The molecule has 0 heterocycles. The van der Waals surface area contributed by atoms with Gasteiger partial charge >= 0.3 is 0 Å². The van der Waals surface area contributed by atoms with E-state index in [2.05, 4.69) is 10.6 Å². The van der Waals surface area contributed by atoms with E-state index in [0.29, 0.717) is 30.6 Å². The van der Waals surface area contributed by atoms with Crippen molar-refractivity contribution in [2.75, 3.05) is 31.3 Å². The predicted octanol–water partition coefficient (Wildman–Crippen LogP) is 2.61. The molecular formula is C18H26N2O3S. The number of hydrogen-bond donors (Lipinski definition) is 2. The van der Waals surface area contributed by atoms with Crippen LogP contribution in [0, 0.1) is 0 Å². The number of carbonyl (C=O) groups excluding carboxylic acids is 2. The second-order valence-corrected chi connectivity index (χ2v) is 7.27. The van der Waals surface area contributed by atoms with Gasteiger partial charge in [0.15, 0.2) is 0 Å². The Morgan fingerprint density at radius 3 is 2.54 bits per heavy atom. The third-order valence-corrected chi connectivity index (χ3v) is 5.35. The molecule has 1 fully saturated rings. The SMILES string of the molecule is COCCNC(=O)Cc1ccc(NC(=O)CSC2CCCC2)cc1. The molecule has 0 spiro atoms. The Hall–Kier alpha value is -1.53. The average molecular weight is 350 g/mol. The Morgan fingerprint density at radius 1 is 1.17 bits per heavy atom. The van der Waals surface area contributed by atoms with Crippen molar-refractivity contribution in [1.29, 1.82) is 0 Å². The number of benzene rings is 1. The molecule has 0 atom stereocenters. The quantitative estimate of drug-likeness (QED) is 0.672. The van der Waals surface area contributed by atoms with Crippen molar-refractivity contribution < 1.29 is 14.3 Å². The van der Waals surface area contributed by atoms with Crippen molar-refractivity contribution in [1.82, 2.24) is 5.32 Å². The minimum Gasteiger partial charge on any atom is -0.383 e. The molecule has 2 rings (SSSR count). The van der Waals surface area contributed by atoms with Crippen molar-refractivity contribution in [2.45, 2.75) is 37.4 Å². The molecule has 0 bridgehead atoms. The molecule has 24 heavy (non-hydrogen) atoms. The first-order chi connectivity index (χ1) is 11.7. The van der Waals surface area contributed by atoms with Crippen LogP contribution in [-0.2, 0) is 20.7 Å². The normalized spacial score (nSPS) is 14.5.